The average molecular weight is 542 g/mol. The van der Waals surface area contributed by atoms with E-state index in [1.54, 1.807) is 21.7 Å². The topological polar surface area (TPSA) is 104 Å². The number of nitrogens with two attached hydrogens (primary N) is 1. The third kappa shape index (κ3) is 4.97. The van der Waals surface area contributed by atoms with Gasteiger partial charge in [-0.2, -0.15) is 10.2 Å². The number of hydrogen-bond acceptors (Lipinski definition) is 6. The lowest BCUT2D eigenvalue weighted by molar-refractivity contribution is 0.0203. The number of carbonyl (C=O) groups is 1. The second-order valence-corrected chi connectivity index (χ2v) is 11.3. The van der Waals surface area contributed by atoms with Crippen LogP contribution in [0.5, 0.6) is 0 Å². The number of benzene rings is 2. The molecule has 2 N–H and O–H groups in total. The summed E-state index contributed by atoms with van der Waals surface area (Å²) in [5, 5.41) is 10.2. The normalized spacial score (nSPS) is 14.8. The highest BCUT2D eigenvalue weighted by molar-refractivity contribution is 5.92. The van der Waals surface area contributed by atoms with E-state index in [2.05, 4.69) is 16.1 Å². The summed E-state index contributed by atoms with van der Waals surface area (Å²) in [4.78, 5) is 18.6. The Morgan fingerprint density at radius 1 is 1.12 bits per heavy atom. The lowest BCUT2D eigenvalue weighted by Gasteiger charge is -2.33. The highest BCUT2D eigenvalue weighted by atomic mass is 19.1. The van der Waals surface area contributed by atoms with Crippen molar-refractivity contribution in [2.45, 2.75) is 51.7 Å². The largest absolute Gasteiger partial charge is 0.444 e. The molecule has 1 saturated heterocycles. The van der Waals surface area contributed by atoms with E-state index in [0.29, 0.717) is 31.0 Å². The Balaban J connectivity index is 1.30. The van der Waals surface area contributed by atoms with Gasteiger partial charge in [-0.25, -0.2) is 18.7 Å². The lowest BCUT2D eigenvalue weighted by atomic mass is 9.93. The zero-order valence-corrected chi connectivity index (χ0v) is 22.8. The van der Waals surface area contributed by atoms with Crippen LogP contribution in [0, 0.1) is 5.82 Å². The second kappa shape index (κ2) is 9.93. The van der Waals surface area contributed by atoms with Gasteiger partial charge in [0, 0.05) is 47.4 Å². The predicted molar refractivity (Wildman–Crippen MR) is 151 cm³/mol. The summed E-state index contributed by atoms with van der Waals surface area (Å²) in [7, 11) is 0. The number of nitrogens with zero attached hydrogens (tertiary/aromatic N) is 6. The first-order chi connectivity index (χ1) is 19.2. The zero-order valence-electron chi connectivity index (χ0n) is 22.8. The zero-order chi connectivity index (χ0) is 28.0. The Hall–Kier alpha value is -4.47. The fourth-order valence-corrected chi connectivity index (χ4v) is 5.40. The van der Waals surface area contributed by atoms with Crippen LogP contribution in [-0.2, 0) is 11.3 Å². The van der Waals surface area contributed by atoms with Crippen molar-refractivity contribution >= 4 is 28.3 Å². The molecule has 1 aliphatic heterocycles. The van der Waals surface area contributed by atoms with Crippen LogP contribution in [-0.4, -0.2) is 54.1 Å². The lowest BCUT2D eigenvalue weighted by Crippen LogP contribution is -2.41. The molecule has 1 fully saturated rings. The van der Waals surface area contributed by atoms with Gasteiger partial charge in [-0.05, 0) is 57.4 Å². The summed E-state index contributed by atoms with van der Waals surface area (Å²) in [6.07, 6.45) is 4.69. The molecule has 0 atom stereocenters. The van der Waals surface area contributed by atoms with E-state index < -0.39 is 5.60 Å². The van der Waals surface area contributed by atoms with Gasteiger partial charge in [0.25, 0.3) is 0 Å². The third-order valence-electron chi connectivity index (χ3n) is 7.33. The minimum atomic E-state index is -0.524. The molecule has 0 radical (unpaired) electrons. The average Bonchev–Trinajstić information content (AvgIpc) is 3.50. The highest BCUT2D eigenvalue weighted by Crippen LogP contribution is 2.37. The standard InChI is InChI=1S/C30H32FN7O2/c1-30(2,3)40-29(39)36-12-10-19(11-13-36)26-15-23(27-28(32)33-18-34-38(26)27)20-8-9-22-17-37(35-25(22)14-20)16-21-6-4-5-7-24(21)31/h4-9,14-15,17-19H,10-13,16H2,1-3H3,(H2,32,33,34). The van der Waals surface area contributed by atoms with Gasteiger partial charge in [-0.15, -0.1) is 0 Å². The number of rotatable bonds is 4. The molecule has 0 aliphatic carbocycles. The van der Waals surface area contributed by atoms with Gasteiger partial charge in [0.15, 0.2) is 5.82 Å². The number of aromatic nitrogens is 5. The van der Waals surface area contributed by atoms with Crippen molar-refractivity contribution in [2.75, 3.05) is 18.8 Å². The summed E-state index contributed by atoms with van der Waals surface area (Å²) >= 11 is 0. The third-order valence-corrected chi connectivity index (χ3v) is 7.33. The molecule has 10 heteroatoms. The van der Waals surface area contributed by atoms with Crippen molar-refractivity contribution < 1.29 is 13.9 Å². The van der Waals surface area contributed by atoms with Crippen LogP contribution in [0.15, 0.2) is 61.1 Å². The molecule has 0 spiro atoms. The highest BCUT2D eigenvalue weighted by Gasteiger charge is 2.30. The number of amides is 1. The molecule has 1 amide bonds. The van der Waals surface area contributed by atoms with Crippen molar-refractivity contribution in [1.29, 1.82) is 0 Å². The Labute approximate surface area is 231 Å². The maximum Gasteiger partial charge on any atom is 0.410 e. The van der Waals surface area contributed by atoms with Crippen molar-refractivity contribution in [3.05, 3.63) is 78.1 Å². The Morgan fingerprint density at radius 3 is 2.65 bits per heavy atom. The first-order valence-corrected chi connectivity index (χ1v) is 13.5. The number of nitrogen functional groups attached to an aromatic ring is 1. The van der Waals surface area contributed by atoms with Crippen molar-refractivity contribution in [3.8, 4) is 11.1 Å². The number of ether oxygens (including phenoxy) is 1. The van der Waals surface area contributed by atoms with Crippen molar-refractivity contribution in [1.82, 2.24) is 29.3 Å². The van der Waals surface area contributed by atoms with E-state index >= 15 is 0 Å². The molecular weight excluding hydrogens is 509 g/mol. The van der Waals surface area contributed by atoms with Crippen LogP contribution in [0.4, 0.5) is 15.0 Å². The van der Waals surface area contributed by atoms with Gasteiger partial charge in [0.2, 0.25) is 0 Å². The predicted octanol–water partition coefficient (Wildman–Crippen LogP) is 5.63. The number of piperidine rings is 1. The SMILES string of the molecule is CC(C)(C)OC(=O)N1CCC(c2cc(-c3ccc4cn(Cc5ccccc5F)nc4c3)c3c(N)ncnn23)CC1. The number of carbonyl (C=O) groups excluding carboxylic acids is 1. The van der Waals surface area contributed by atoms with Crippen molar-refractivity contribution in [3.63, 3.8) is 0 Å². The van der Waals surface area contributed by atoms with E-state index in [0.717, 1.165) is 46.1 Å². The van der Waals surface area contributed by atoms with Gasteiger partial charge < -0.3 is 15.4 Å². The number of likely N-dealkylation sites (tertiary alicyclic amines) is 1. The molecule has 40 heavy (non-hydrogen) atoms. The van der Waals surface area contributed by atoms with Crippen LogP contribution in [0.3, 0.4) is 0 Å². The molecule has 0 saturated carbocycles. The maximum atomic E-state index is 14.2. The van der Waals surface area contributed by atoms with Crippen LogP contribution in [0.1, 0.15) is 50.8 Å². The molecule has 0 bridgehead atoms. The Kier molecular flexibility index (Phi) is 6.40. The van der Waals surface area contributed by atoms with Crippen LogP contribution in [0.2, 0.25) is 0 Å². The summed E-state index contributed by atoms with van der Waals surface area (Å²) in [5.74, 6) is 0.341. The molecule has 206 valence electrons. The van der Waals surface area contributed by atoms with Gasteiger partial charge in [0.05, 0.1) is 12.1 Å². The van der Waals surface area contributed by atoms with Crippen LogP contribution >= 0.6 is 0 Å². The first kappa shape index (κ1) is 25.8. The summed E-state index contributed by atoms with van der Waals surface area (Å²) < 4.78 is 23.4. The van der Waals surface area contributed by atoms with Crippen LogP contribution in [0.25, 0.3) is 27.5 Å². The summed E-state index contributed by atoms with van der Waals surface area (Å²) in [6.45, 7) is 7.18. The summed E-state index contributed by atoms with van der Waals surface area (Å²) in [5.41, 5.74) is 10.9. The van der Waals surface area contributed by atoms with E-state index in [1.165, 1.54) is 12.4 Å². The minimum absolute atomic E-state index is 0.193. The van der Waals surface area contributed by atoms with Gasteiger partial charge >= 0.3 is 6.09 Å². The van der Waals surface area contributed by atoms with Gasteiger partial charge in [-0.1, -0.05) is 30.3 Å². The molecular formula is C30H32FN7O2. The fraction of sp³-hybridized carbons (Fsp3) is 0.333. The van der Waals surface area contributed by atoms with E-state index in [1.807, 2.05) is 55.7 Å². The Bertz CT molecular complexity index is 1710. The molecule has 6 rings (SSSR count). The second-order valence-electron chi connectivity index (χ2n) is 11.3. The number of halogens is 1. The van der Waals surface area contributed by atoms with Crippen molar-refractivity contribution in [2.24, 2.45) is 0 Å². The molecule has 9 nitrogen and oxygen atoms in total. The first-order valence-electron chi connectivity index (χ1n) is 13.5. The van der Waals surface area contributed by atoms with Crippen LogP contribution < -0.4 is 5.73 Å². The quantitative estimate of drug-likeness (QED) is 0.316. The summed E-state index contributed by atoms with van der Waals surface area (Å²) in [6, 6.07) is 14.9. The van der Waals surface area contributed by atoms with Gasteiger partial charge in [0.1, 0.15) is 23.3 Å². The van der Waals surface area contributed by atoms with E-state index in [4.69, 9.17) is 15.6 Å². The van der Waals surface area contributed by atoms with Gasteiger partial charge in [-0.3, -0.25) is 4.68 Å². The molecule has 1 aliphatic rings. The smallest absolute Gasteiger partial charge is 0.410 e. The molecule has 3 aromatic heterocycles. The molecule has 0 unspecified atom stereocenters. The number of anilines is 1. The Morgan fingerprint density at radius 2 is 1.90 bits per heavy atom. The van der Waals surface area contributed by atoms with E-state index in [9.17, 15) is 9.18 Å². The molecule has 2 aromatic carbocycles. The minimum Gasteiger partial charge on any atom is -0.444 e. The molecule has 4 heterocycles. The van der Waals surface area contributed by atoms with E-state index in [-0.39, 0.29) is 17.8 Å². The monoisotopic (exact) mass is 541 g/mol. The molecule has 5 aromatic rings. The number of fused-ring (bicyclic) bond motifs is 2. The maximum absolute atomic E-state index is 14.2. The fourth-order valence-electron chi connectivity index (χ4n) is 5.40. The number of hydrogen-bond donors (Lipinski definition) is 1.